The molecule has 0 bridgehead atoms. The van der Waals surface area contributed by atoms with E-state index < -0.39 is 6.04 Å². The van der Waals surface area contributed by atoms with Gasteiger partial charge in [0.15, 0.2) is 6.61 Å². The van der Waals surface area contributed by atoms with Crippen LogP contribution in [-0.2, 0) is 16.0 Å². The molecule has 2 aromatic carbocycles. The number of rotatable bonds is 6. The van der Waals surface area contributed by atoms with Gasteiger partial charge in [-0.1, -0.05) is 42.5 Å². The summed E-state index contributed by atoms with van der Waals surface area (Å²) in [5.41, 5.74) is 2.52. The number of nitrogens with one attached hydrogen (secondary N) is 1. The van der Waals surface area contributed by atoms with Crippen molar-refractivity contribution in [3.63, 3.8) is 0 Å². The van der Waals surface area contributed by atoms with E-state index in [-0.39, 0.29) is 24.5 Å². The molecule has 0 aliphatic heterocycles. The molecule has 1 N–H and O–H groups in total. The Morgan fingerprint density at radius 2 is 1.85 bits per heavy atom. The number of likely N-dealkylation sites (N-methyl/N-ethyl adjacent to an activating group) is 1. The molecule has 2 aromatic rings. The van der Waals surface area contributed by atoms with Crippen molar-refractivity contribution in [1.82, 2.24) is 10.2 Å². The molecular weight excluding hydrogens is 340 g/mol. The number of para-hydroxylation sites is 1. The first kappa shape index (κ1) is 19.0. The Morgan fingerprint density at radius 3 is 2.63 bits per heavy atom. The van der Waals surface area contributed by atoms with Gasteiger partial charge in [0.05, 0.1) is 6.04 Å². The van der Waals surface area contributed by atoms with Gasteiger partial charge in [0.1, 0.15) is 11.8 Å². The monoisotopic (exact) mass is 366 g/mol. The van der Waals surface area contributed by atoms with Crippen molar-refractivity contribution in [2.45, 2.75) is 38.3 Å². The summed E-state index contributed by atoms with van der Waals surface area (Å²) in [6.07, 6.45) is 3.06. The van der Waals surface area contributed by atoms with E-state index >= 15 is 0 Å². The molecule has 5 heteroatoms. The molecule has 0 saturated heterocycles. The van der Waals surface area contributed by atoms with E-state index in [0.29, 0.717) is 5.75 Å². The van der Waals surface area contributed by atoms with E-state index in [0.717, 1.165) is 19.3 Å². The van der Waals surface area contributed by atoms with Crippen molar-refractivity contribution >= 4 is 11.8 Å². The van der Waals surface area contributed by atoms with E-state index in [4.69, 9.17) is 4.74 Å². The maximum absolute atomic E-state index is 12.8. The molecule has 0 heterocycles. The topological polar surface area (TPSA) is 58.6 Å². The third-order valence-electron chi connectivity index (χ3n) is 5.01. The second kappa shape index (κ2) is 8.71. The Morgan fingerprint density at radius 1 is 1.15 bits per heavy atom. The first-order valence-electron chi connectivity index (χ1n) is 9.38. The highest BCUT2D eigenvalue weighted by Gasteiger charge is 2.29. The molecule has 0 aromatic heterocycles. The van der Waals surface area contributed by atoms with Crippen LogP contribution in [0.3, 0.4) is 0 Å². The summed E-state index contributed by atoms with van der Waals surface area (Å²) >= 11 is 0. The lowest BCUT2D eigenvalue weighted by Gasteiger charge is -2.34. The number of carbonyl (C=O) groups excluding carboxylic acids is 2. The lowest BCUT2D eigenvalue weighted by molar-refractivity contribution is -0.137. The van der Waals surface area contributed by atoms with Crippen molar-refractivity contribution in [2.24, 2.45) is 0 Å². The van der Waals surface area contributed by atoms with Gasteiger partial charge in [-0.3, -0.25) is 9.59 Å². The summed E-state index contributed by atoms with van der Waals surface area (Å²) < 4.78 is 5.43. The number of benzene rings is 2. The minimum atomic E-state index is -0.601. The number of hydrogen-bond donors (Lipinski definition) is 1. The molecule has 2 amide bonds. The van der Waals surface area contributed by atoms with Crippen LogP contribution in [0.4, 0.5) is 0 Å². The molecule has 27 heavy (non-hydrogen) atoms. The van der Waals surface area contributed by atoms with Crippen molar-refractivity contribution < 1.29 is 14.3 Å². The van der Waals surface area contributed by atoms with Crippen LogP contribution >= 0.6 is 0 Å². The zero-order valence-corrected chi connectivity index (χ0v) is 15.9. The quantitative estimate of drug-likeness (QED) is 0.855. The molecule has 5 nitrogen and oxygen atoms in total. The van der Waals surface area contributed by atoms with Gasteiger partial charge in [0.25, 0.3) is 5.91 Å². The van der Waals surface area contributed by atoms with Crippen LogP contribution in [0.25, 0.3) is 0 Å². The Hall–Kier alpha value is -2.82. The molecule has 0 fully saturated rings. The first-order valence-corrected chi connectivity index (χ1v) is 9.38. The summed E-state index contributed by atoms with van der Waals surface area (Å²) in [6, 6.07) is 16.9. The summed E-state index contributed by atoms with van der Waals surface area (Å²) in [6.45, 7) is 1.60. The van der Waals surface area contributed by atoms with Gasteiger partial charge < -0.3 is 15.0 Å². The molecule has 1 aliphatic carbocycles. The van der Waals surface area contributed by atoms with Crippen molar-refractivity contribution in [2.75, 3.05) is 13.7 Å². The summed E-state index contributed by atoms with van der Waals surface area (Å²) in [4.78, 5) is 26.7. The van der Waals surface area contributed by atoms with E-state index in [2.05, 4.69) is 17.4 Å². The predicted molar refractivity (Wildman–Crippen MR) is 104 cm³/mol. The number of nitrogens with zero attached hydrogens (tertiary/aromatic N) is 1. The third kappa shape index (κ3) is 4.67. The molecule has 1 aliphatic rings. The van der Waals surface area contributed by atoms with Crippen LogP contribution in [0.2, 0.25) is 0 Å². The average Bonchev–Trinajstić information content (AvgIpc) is 2.71. The third-order valence-corrected chi connectivity index (χ3v) is 5.01. The zero-order chi connectivity index (χ0) is 19.2. The predicted octanol–water partition coefficient (Wildman–Crippen LogP) is 3.11. The van der Waals surface area contributed by atoms with Gasteiger partial charge in [-0.25, -0.2) is 0 Å². The summed E-state index contributed by atoms with van der Waals surface area (Å²) in [5, 5.41) is 2.74. The highest BCUT2D eigenvalue weighted by Crippen LogP contribution is 2.33. The fraction of sp³-hybridized carbons (Fsp3) is 0.364. The van der Waals surface area contributed by atoms with Crippen LogP contribution in [0, 0.1) is 0 Å². The van der Waals surface area contributed by atoms with Crippen molar-refractivity contribution in [3.8, 4) is 5.75 Å². The Bertz CT molecular complexity index is 791. The molecule has 0 unspecified atom stereocenters. The second-order valence-corrected chi connectivity index (χ2v) is 6.95. The van der Waals surface area contributed by atoms with Gasteiger partial charge in [0.2, 0.25) is 5.91 Å². The standard InChI is InChI=1S/C22H26N2O3/c1-16(23-21(25)15-27-18-11-4-3-5-12-18)22(26)24(2)20-14-8-10-17-9-6-7-13-19(17)20/h3-7,9,11-13,16,20H,8,10,14-15H2,1-2H3,(H,23,25)/t16-,20-/m1/s1. The van der Waals surface area contributed by atoms with E-state index in [1.807, 2.05) is 37.4 Å². The van der Waals surface area contributed by atoms with Crippen LogP contribution in [-0.4, -0.2) is 36.4 Å². The Balaban J connectivity index is 1.56. The molecular formula is C22H26N2O3. The zero-order valence-electron chi connectivity index (χ0n) is 15.9. The summed E-state index contributed by atoms with van der Waals surface area (Å²) in [7, 11) is 1.82. The summed E-state index contributed by atoms with van der Waals surface area (Å²) in [5.74, 6) is 0.226. The maximum Gasteiger partial charge on any atom is 0.258 e. The Labute approximate surface area is 160 Å². The lowest BCUT2D eigenvalue weighted by atomic mass is 9.87. The maximum atomic E-state index is 12.8. The molecule has 2 atom stereocenters. The normalized spacial score (nSPS) is 16.7. The van der Waals surface area contributed by atoms with Gasteiger partial charge in [-0.15, -0.1) is 0 Å². The van der Waals surface area contributed by atoms with Gasteiger partial charge >= 0.3 is 0 Å². The molecule has 142 valence electrons. The first-order chi connectivity index (χ1) is 13.1. The fourth-order valence-electron chi connectivity index (χ4n) is 3.60. The van der Waals surface area contributed by atoms with Crippen LogP contribution in [0.15, 0.2) is 54.6 Å². The van der Waals surface area contributed by atoms with Gasteiger partial charge in [-0.05, 0) is 49.4 Å². The van der Waals surface area contributed by atoms with Crippen LogP contribution in [0.5, 0.6) is 5.75 Å². The minimum absolute atomic E-state index is 0.0578. The highest BCUT2D eigenvalue weighted by molar-refractivity contribution is 5.88. The van der Waals surface area contributed by atoms with Crippen LogP contribution in [0.1, 0.15) is 36.9 Å². The van der Waals surface area contributed by atoms with E-state index in [1.165, 1.54) is 11.1 Å². The van der Waals surface area contributed by atoms with E-state index in [1.54, 1.807) is 24.0 Å². The van der Waals surface area contributed by atoms with Gasteiger partial charge in [0, 0.05) is 7.05 Å². The smallest absolute Gasteiger partial charge is 0.258 e. The number of amides is 2. The molecule has 0 saturated carbocycles. The second-order valence-electron chi connectivity index (χ2n) is 6.95. The Kier molecular flexibility index (Phi) is 6.12. The molecule has 0 radical (unpaired) electrons. The fourth-order valence-corrected chi connectivity index (χ4v) is 3.60. The number of aryl methyl sites for hydroxylation is 1. The lowest BCUT2D eigenvalue weighted by Crippen LogP contribution is -2.48. The van der Waals surface area contributed by atoms with Crippen molar-refractivity contribution in [3.05, 3.63) is 65.7 Å². The number of hydrogen-bond acceptors (Lipinski definition) is 3. The van der Waals surface area contributed by atoms with E-state index in [9.17, 15) is 9.59 Å². The SMILES string of the molecule is C[C@@H](NC(=O)COc1ccccc1)C(=O)N(C)[C@@H]1CCCc2ccccc21. The van der Waals surface area contributed by atoms with Crippen molar-refractivity contribution in [1.29, 1.82) is 0 Å². The average molecular weight is 366 g/mol. The van der Waals surface area contributed by atoms with Crippen LogP contribution < -0.4 is 10.1 Å². The number of fused-ring (bicyclic) bond motifs is 1. The largest absolute Gasteiger partial charge is 0.484 e. The molecule has 3 rings (SSSR count). The minimum Gasteiger partial charge on any atom is -0.484 e. The van der Waals surface area contributed by atoms with Gasteiger partial charge in [-0.2, -0.15) is 0 Å². The number of carbonyl (C=O) groups is 2. The molecule has 0 spiro atoms. The highest BCUT2D eigenvalue weighted by atomic mass is 16.5. The number of ether oxygens (including phenoxy) is 1.